The normalized spacial score (nSPS) is 11.0. The maximum absolute atomic E-state index is 10.9. The number of ether oxygens (including phenoxy) is 2. The number of aromatic nitrogens is 1. The molecule has 1 heterocycles. The van der Waals surface area contributed by atoms with Gasteiger partial charge < -0.3 is 19.5 Å². The van der Waals surface area contributed by atoms with Gasteiger partial charge in [-0.1, -0.05) is 18.2 Å². The summed E-state index contributed by atoms with van der Waals surface area (Å²) >= 11 is 0. The van der Waals surface area contributed by atoms with Crippen molar-refractivity contribution < 1.29 is 14.4 Å². The van der Waals surface area contributed by atoms with Gasteiger partial charge in [0.05, 0.1) is 31.9 Å². The topological polar surface area (TPSA) is 90.9 Å². The summed E-state index contributed by atoms with van der Waals surface area (Å²) in [7, 11) is 3.23. The van der Waals surface area contributed by atoms with Gasteiger partial charge in [0.1, 0.15) is 0 Å². The maximum Gasteiger partial charge on any atom is 0.269 e. The van der Waals surface area contributed by atoms with E-state index in [4.69, 9.17) is 9.47 Å². The molecule has 0 spiro atoms. The first-order chi connectivity index (χ1) is 17.4. The van der Waals surface area contributed by atoms with Crippen LogP contribution in [0.25, 0.3) is 16.8 Å². The first-order valence-corrected chi connectivity index (χ1v) is 11.4. The largest absolute Gasteiger partial charge is 0.493 e. The molecule has 0 amide bonds. The zero-order chi connectivity index (χ0) is 25.7. The van der Waals surface area contributed by atoms with Gasteiger partial charge in [-0.2, -0.15) is 5.10 Å². The third kappa shape index (κ3) is 5.22. The van der Waals surface area contributed by atoms with Crippen molar-refractivity contribution in [1.82, 2.24) is 9.99 Å². The van der Waals surface area contributed by atoms with Crippen molar-refractivity contribution in [3.8, 4) is 28.3 Å². The molecule has 0 aliphatic rings. The molecule has 8 nitrogen and oxygen atoms in total. The quantitative estimate of drug-likeness (QED) is 0.184. The van der Waals surface area contributed by atoms with E-state index in [-0.39, 0.29) is 5.69 Å². The summed E-state index contributed by atoms with van der Waals surface area (Å²) in [6, 6.07) is 22.6. The van der Waals surface area contributed by atoms with Crippen LogP contribution in [0.4, 0.5) is 5.69 Å². The van der Waals surface area contributed by atoms with Gasteiger partial charge in [0.25, 0.3) is 5.69 Å². The van der Waals surface area contributed by atoms with Crippen molar-refractivity contribution in [1.29, 1.82) is 0 Å². The van der Waals surface area contributed by atoms with Gasteiger partial charge in [-0.15, -0.1) is 0 Å². The number of nitro benzene ring substituents is 1. The van der Waals surface area contributed by atoms with Crippen LogP contribution in [0.2, 0.25) is 0 Å². The first-order valence-electron chi connectivity index (χ1n) is 11.4. The van der Waals surface area contributed by atoms with Gasteiger partial charge in [-0.05, 0) is 73.0 Å². The SMILES string of the molecule is COc1ccc(CN/N=C/c2cc(C)n(-c3ccc(-c4ccc([N+](=O)[O-])cc4)cc3)c2C)cc1OC. The molecule has 0 aliphatic heterocycles. The van der Waals surface area contributed by atoms with Gasteiger partial charge in [-0.25, -0.2) is 0 Å². The standard InChI is InChI=1S/C28H28N4O4/c1-19-15-24(18-30-29-17-21-5-14-27(35-3)28(16-21)36-4)20(2)31(19)25-10-6-22(7-11-25)23-8-12-26(13-9-23)32(33)34/h5-16,18,29H,17H2,1-4H3/b30-18+. The van der Waals surface area contributed by atoms with E-state index in [0.717, 1.165) is 39.3 Å². The number of hydrazone groups is 1. The van der Waals surface area contributed by atoms with Crippen LogP contribution in [0.15, 0.2) is 77.9 Å². The van der Waals surface area contributed by atoms with Crippen molar-refractivity contribution in [2.45, 2.75) is 20.4 Å². The van der Waals surface area contributed by atoms with E-state index in [9.17, 15) is 10.1 Å². The lowest BCUT2D eigenvalue weighted by atomic mass is 10.0. The van der Waals surface area contributed by atoms with Crippen molar-refractivity contribution >= 4 is 11.9 Å². The number of nitrogens with zero attached hydrogens (tertiary/aromatic N) is 3. The Kier molecular flexibility index (Phi) is 7.34. The van der Waals surface area contributed by atoms with Gasteiger partial charge in [0.15, 0.2) is 11.5 Å². The predicted octanol–water partition coefficient (Wildman–Crippen LogP) is 5.81. The summed E-state index contributed by atoms with van der Waals surface area (Å²) in [6.45, 7) is 4.68. The number of hydrogen-bond donors (Lipinski definition) is 1. The summed E-state index contributed by atoms with van der Waals surface area (Å²) < 4.78 is 12.8. The first kappa shape index (κ1) is 24.5. The molecule has 1 aromatic heterocycles. The average Bonchev–Trinajstić information content (AvgIpc) is 3.19. The summed E-state index contributed by atoms with van der Waals surface area (Å²) in [5.74, 6) is 1.38. The Hall–Kier alpha value is -4.59. The van der Waals surface area contributed by atoms with Crippen LogP contribution in [0, 0.1) is 24.0 Å². The molecule has 0 fully saturated rings. The Balaban J connectivity index is 1.45. The van der Waals surface area contributed by atoms with E-state index in [1.54, 1.807) is 26.4 Å². The van der Waals surface area contributed by atoms with Crippen LogP contribution < -0.4 is 14.9 Å². The molecule has 0 saturated carbocycles. The molecule has 0 atom stereocenters. The molecule has 36 heavy (non-hydrogen) atoms. The number of hydrogen-bond acceptors (Lipinski definition) is 6. The Morgan fingerprint density at radius 1 is 0.917 bits per heavy atom. The number of non-ortho nitro benzene ring substituents is 1. The lowest BCUT2D eigenvalue weighted by Crippen LogP contribution is -2.06. The number of methoxy groups -OCH3 is 2. The Labute approximate surface area is 210 Å². The monoisotopic (exact) mass is 484 g/mol. The van der Waals surface area contributed by atoms with Crippen LogP contribution in [0.3, 0.4) is 0 Å². The summed E-state index contributed by atoms with van der Waals surface area (Å²) in [5.41, 5.74) is 10.4. The van der Waals surface area contributed by atoms with E-state index >= 15 is 0 Å². The van der Waals surface area contributed by atoms with Crippen molar-refractivity contribution in [3.05, 3.63) is 105 Å². The fourth-order valence-electron chi connectivity index (χ4n) is 4.14. The average molecular weight is 485 g/mol. The third-order valence-electron chi connectivity index (χ3n) is 6.03. The predicted molar refractivity (Wildman–Crippen MR) is 141 cm³/mol. The molecule has 0 aliphatic carbocycles. The smallest absolute Gasteiger partial charge is 0.269 e. The van der Waals surface area contributed by atoms with Crippen molar-refractivity contribution in [2.75, 3.05) is 14.2 Å². The minimum atomic E-state index is -0.392. The van der Waals surface area contributed by atoms with E-state index in [0.29, 0.717) is 18.0 Å². The molecule has 0 bridgehead atoms. The lowest BCUT2D eigenvalue weighted by molar-refractivity contribution is -0.384. The van der Waals surface area contributed by atoms with Crippen LogP contribution in [0.1, 0.15) is 22.5 Å². The molecule has 3 aromatic carbocycles. The summed E-state index contributed by atoms with van der Waals surface area (Å²) in [6.07, 6.45) is 1.82. The van der Waals surface area contributed by atoms with E-state index in [1.807, 2.05) is 48.7 Å². The molecular weight excluding hydrogens is 456 g/mol. The second-order valence-electron chi connectivity index (χ2n) is 8.30. The maximum atomic E-state index is 10.9. The number of nitrogens with one attached hydrogen (secondary N) is 1. The van der Waals surface area contributed by atoms with Crippen LogP contribution >= 0.6 is 0 Å². The number of benzene rings is 3. The highest BCUT2D eigenvalue weighted by Crippen LogP contribution is 2.28. The highest BCUT2D eigenvalue weighted by Gasteiger charge is 2.11. The van der Waals surface area contributed by atoms with Crippen molar-refractivity contribution in [3.63, 3.8) is 0 Å². The highest BCUT2D eigenvalue weighted by atomic mass is 16.6. The third-order valence-corrected chi connectivity index (χ3v) is 6.03. The van der Waals surface area contributed by atoms with Gasteiger partial charge in [0.2, 0.25) is 0 Å². The molecule has 4 aromatic rings. The summed E-state index contributed by atoms with van der Waals surface area (Å²) in [4.78, 5) is 10.5. The lowest BCUT2D eigenvalue weighted by Gasteiger charge is -2.11. The van der Waals surface area contributed by atoms with E-state index < -0.39 is 4.92 Å². The minimum Gasteiger partial charge on any atom is -0.493 e. The fourth-order valence-corrected chi connectivity index (χ4v) is 4.14. The van der Waals surface area contributed by atoms with Crippen LogP contribution in [-0.2, 0) is 6.54 Å². The number of nitro groups is 1. The number of aryl methyl sites for hydroxylation is 1. The number of rotatable bonds is 9. The van der Waals surface area contributed by atoms with Gasteiger partial charge >= 0.3 is 0 Å². The molecule has 8 heteroatoms. The van der Waals surface area contributed by atoms with Gasteiger partial charge in [-0.3, -0.25) is 10.1 Å². The van der Waals surface area contributed by atoms with E-state index in [1.165, 1.54) is 12.1 Å². The Bertz CT molecular complexity index is 1390. The molecule has 184 valence electrons. The minimum absolute atomic E-state index is 0.0846. The Morgan fingerprint density at radius 3 is 2.17 bits per heavy atom. The zero-order valence-corrected chi connectivity index (χ0v) is 20.7. The molecule has 0 unspecified atom stereocenters. The second-order valence-corrected chi connectivity index (χ2v) is 8.30. The van der Waals surface area contributed by atoms with E-state index in [2.05, 4.69) is 35.0 Å². The van der Waals surface area contributed by atoms with Gasteiger partial charge in [0, 0.05) is 34.8 Å². The molecule has 4 rings (SSSR count). The molecule has 0 saturated heterocycles. The molecule has 0 radical (unpaired) electrons. The highest BCUT2D eigenvalue weighted by molar-refractivity contribution is 5.82. The molecular formula is C28H28N4O4. The van der Waals surface area contributed by atoms with Crippen molar-refractivity contribution in [2.24, 2.45) is 5.10 Å². The fraction of sp³-hybridized carbons (Fsp3) is 0.179. The molecule has 1 N–H and O–H groups in total. The zero-order valence-electron chi connectivity index (χ0n) is 20.7. The van der Waals surface area contributed by atoms with Crippen LogP contribution in [-0.4, -0.2) is 29.9 Å². The van der Waals surface area contributed by atoms with Crippen LogP contribution in [0.5, 0.6) is 11.5 Å². The summed E-state index contributed by atoms with van der Waals surface area (Å²) in [5, 5.41) is 15.3. The second kappa shape index (κ2) is 10.8. The Morgan fingerprint density at radius 2 is 1.56 bits per heavy atom.